The van der Waals surface area contributed by atoms with E-state index in [0.29, 0.717) is 26.1 Å². The fourth-order valence-corrected chi connectivity index (χ4v) is 4.71. The number of carbonyl (C=O) groups excluding carboxylic acids is 1. The van der Waals surface area contributed by atoms with Crippen LogP contribution >= 0.6 is 0 Å². The van der Waals surface area contributed by atoms with E-state index >= 15 is 0 Å². The molecule has 0 aliphatic carbocycles. The molecule has 2 aliphatic heterocycles. The summed E-state index contributed by atoms with van der Waals surface area (Å²) in [4.78, 5) is 31.4. The third-order valence-corrected chi connectivity index (χ3v) is 6.02. The van der Waals surface area contributed by atoms with Crippen LogP contribution in [0.5, 0.6) is 0 Å². The Bertz CT molecular complexity index is 887. The number of hydrogen-bond acceptors (Lipinski definition) is 4. The van der Waals surface area contributed by atoms with Gasteiger partial charge in [0.05, 0.1) is 12.6 Å². The van der Waals surface area contributed by atoms with Crippen LogP contribution in [0, 0.1) is 5.92 Å². The van der Waals surface area contributed by atoms with E-state index in [1.807, 2.05) is 21.7 Å². The van der Waals surface area contributed by atoms with Crippen LogP contribution in [-0.2, 0) is 17.8 Å². The Kier molecular flexibility index (Phi) is 4.86. The molecular formula is C20H26N4O3. The third-order valence-electron chi connectivity index (χ3n) is 6.02. The van der Waals surface area contributed by atoms with Crippen LogP contribution in [0.15, 0.2) is 35.4 Å². The molecule has 0 aromatic carbocycles. The first-order valence-electron chi connectivity index (χ1n) is 9.72. The number of hydrogen-bond donors (Lipinski definition) is 1. The van der Waals surface area contributed by atoms with Crippen molar-refractivity contribution < 1.29 is 9.90 Å². The first kappa shape index (κ1) is 18.0. The smallest absolute Gasteiger partial charge is 0.251 e. The number of pyridine rings is 1. The molecule has 0 spiro atoms. The molecule has 2 aromatic heterocycles. The molecule has 4 rings (SSSR count). The molecule has 1 N–H and O–H groups in total. The van der Waals surface area contributed by atoms with Crippen molar-refractivity contribution in [2.45, 2.75) is 44.7 Å². The predicted octanol–water partition coefficient (Wildman–Crippen LogP) is 1.18. The van der Waals surface area contributed by atoms with Crippen LogP contribution in [0.1, 0.15) is 43.2 Å². The number of aliphatic hydroxyl groups is 1. The number of aliphatic hydroxyl groups excluding tert-OH is 1. The SMILES string of the molecule is CCc1nccn1CCC(=O)N1C[C@H]2C[C@@H](C1)[C@H](CO)n1c2cccc1=O. The maximum atomic E-state index is 12.9. The van der Waals surface area contributed by atoms with E-state index in [4.69, 9.17) is 0 Å². The predicted molar refractivity (Wildman–Crippen MR) is 100 cm³/mol. The molecule has 0 saturated carbocycles. The Hall–Kier alpha value is -2.41. The van der Waals surface area contributed by atoms with Crippen molar-refractivity contribution in [1.29, 1.82) is 0 Å². The highest BCUT2D eigenvalue weighted by Gasteiger charge is 2.41. The van der Waals surface area contributed by atoms with E-state index in [1.54, 1.807) is 22.9 Å². The quantitative estimate of drug-likeness (QED) is 0.857. The maximum Gasteiger partial charge on any atom is 0.251 e. The highest BCUT2D eigenvalue weighted by atomic mass is 16.3. The summed E-state index contributed by atoms with van der Waals surface area (Å²) in [7, 11) is 0. The summed E-state index contributed by atoms with van der Waals surface area (Å²) in [5.41, 5.74) is 0.881. The lowest BCUT2D eigenvalue weighted by Gasteiger charge is -2.46. The fraction of sp³-hybridized carbons (Fsp3) is 0.550. The lowest BCUT2D eigenvalue weighted by Crippen LogP contribution is -2.52. The Balaban J connectivity index is 1.51. The van der Waals surface area contributed by atoms with Gasteiger partial charge in [0.2, 0.25) is 5.91 Å². The van der Waals surface area contributed by atoms with Crippen molar-refractivity contribution in [2.75, 3.05) is 19.7 Å². The molecular weight excluding hydrogens is 344 g/mol. The Morgan fingerprint density at radius 1 is 1.33 bits per heavy atom. The van der Waals surface area contributed by atoms with Gasteiger partial charge in [-0.1, -0.05) is 13.0 Å². The molecule has 2 aromatic rings. The minimum Gasteiger partial charge on any atom is -0.394 e. The Morgan fingerprint density at radius 3 is 2.96 bits per heavy atom. The second kappa shape index (κ2) is 7.31. The number of carbonyl (C=O) groups is 1. The topological polar surface area (TPSA) is 80.4 Å². The van der Waals surface area contributed by atoms with E-state index in [0.717, 1.165) is 24.4 Å². The monoisotopic (exact) mass is 370 g/mol. The maximum absolute atomic E-state index is 12.9. The van der Waals surface area contributed by atoms with Gasteiger partial charge in [-0.05, 0) is 12.5 Å². The van der Waals surface area contributed by atoms with Crippen molar-refractivity contribution in [2.24, 2.45) is 5.92 Å². The van der Waals surface area contributed by atoms with Crippen LogP contribution in [-0.4, -0.2) is 49.7 Å². The number of amides is 1. The van der Waals surface area contributed by atoms with Crippen LogP contribution in [0.4, 0.5) is 0 Å². The first-order chi connectivity index (χ1) is 13.1. The van der Waals surface area contributed by atoms with Gasteiger partial charge < -0.3 is 19.1 Å². The fourth-order valence-electron chi connectivity index (χ4n) is 4.71. The molecule has 0 radical (unpaired) electrons. The van der Waals surface area contributed by atoms with Crippen LogP contribution in [0.25, 0.3) is 0 Å². The van der Waals surface area contributed by atoms with Crippen molar-refractivity contribution in [3.8, 4) is 0 Å². The number of rotatable bonds is 5. The molecule has 4 heterocycles. The number of aryl methyl sites for hydroxylation is 2. The van der Waals surface area contributed by atoms with E-state index in [9.17, 15) is 14.7 Å². The van der Waals surface area contributed by atoms with Gasteiger partial charge in [-0.3, -0.25) is 9.59 Å². The number of imidazole rings is 1. The second-order valence-electron chi connectivity index (χ2n) is 7.54. The average molecular weight is 370 g/mol. The van der Waals surface area contributed by atoms with Gasteiger partial charge in [0.1, 0.15) is 5.82 Å². The summed E-state index contributed by atoms with van der Waals surface area (Å²) in [5.74, 6) is 1.39. The molecule has 1 fully saturated rings. The van der Waals surface area contributed by atoms with E-state index < -0.39 is 0 Å². The molecule has 3 atom stereocenters. The number of nitrogens with zero attached hydrogens (tertiary/aromatic N) is 4. The zero-order valence-corrected chi connectivity index (χ0v) is 15.6. The zero-order valence-electron chi connectivity index (χ0n) is 15.6. The molecule has 1 amide bonds. The standard InChI is InChI=1S/C20H26N4O3/c1-2-18-21-7-9-22(18)8-6-19(26)23-11-14-10-15(12-23)17(13-25)24-16(14)4-3-5-20(24)27/h3-5,7,9,14-15,17,25H,2,6,8,10-13H2,1H3/t14-,15+,17+/m1/s1. The summed E-state index contributed by atoms with van der Waals surface area (Å²) in [6, 6.07) is 5.03. The number of aromatic nitrogens is 3. The first-order valence-corrected chi connectivity index (χ1v) is 9.72. The normalized spacial score (nSPS) is 23.9. The van der Waals surface area contributed by atoms with Gasteiger partial charge in [0.15, 0.2) is 0 Å². The largest absolute Gasteiger partial charge is 0.394 e. The van der Waals surface area contributed by atoms with Crippen LogP contribution in [0.2, 0.25) is 0 Å². The van der Waals surface area contributed by atoms with Gasteiger partial charge in [-0.25, -0.2) is 4.98 Å². The van der Waals surface area contributed by atoms with Gasteiger partial charge in [0, 0.05) is 68.5 Å². The summed E-state index contributed by atoms with van der Waals surface area (Å²) in [5, 5.41) is 9.91. The second-order valence-corrected chi connectivity index (χ2v) is 7.54. The van der Waals surface area contributed by atoms with Crippen LogP contribution < -0.4 is 5.56 Å². The highest BCUT2D eigenvalue weighted by Crippen LogP contribution is 2.40. The molecule has 2 bridgehead atoms. The molecule has 0 unspecified atom stereocenters. The number of fused-ring (bicyclic) bond motifs is 4. The summed E-state index contributed by atoms with van der Waals surface area (Å²) >= 11 is 0. The van der Waals surface area contributed by atoms with Gasteiger partial charge in [-0.15, -0.1) is 0 Å². The van der Waals surface area contributed by atoms with E-state index in [2.05, 4.69) is 11.9 Å². The van der Waals surface area contributed by atoms with Crippen molar-refractivity contribution >= 4 is 5.91 Å². The molecule has 144 valence electrons. The van der Waals surface area contributed by atoms with Crippen molar-refractivity contribution in [1.82, 2.24) is 19.0 Å². The highest BCUT2D eigenvalue weighted by molar-refractivity contribution is 5.76. The van der Waals surface area contributed by atoms with Crippen molar-refractivity contribution in [3.63, 3.8) is 0 Å². The van der Waals surface area contributed by atoms with Gasteiger partial charge in [-0.2, -0.15) is 0 Å². The molecule has 1 saturated heterocycles. The lowest BCUT2D eigenvalue weighted by atomic mass is 9.78. The summed E-state index contributed by atoms with van der Waals surface area (Å²) < 4.78 is 3.79. The van der Waals surface area contributed by atoms with E-state index in [-0.39, 0.29) is 36.0 Å². The lowest BCUT2D eigenvalue weighted by molar-refractivity contribution is -0.134. The third kappa shape index (κ3) is 3.20. The Labute approximate surface area is 158 Å². The summed E-state index contributed by atoms with van der Waals surface area (Å²) in [6.07, 6.45) is 5.89. The average Bonchev–Trinajstić information content (AvgIpc) is 3.14. The minimum atomic E-state index is -0.249. The van der Waals surface area contributed by atoms with Crippen molar-refractivity contribution in [3.05, 3.63) is 52.5 Å². The van der Waals surface area contributed by atoms with Gasteiger partial charge >= 0.3 is 0 Å². The Morgan fingerprint density at radius 2 is 2.19 bits per heavy atom. The molecule has 27 heavy (non-hydrogen) atoms. The zero-order chi connectivity index (χ0) is 19.0. The minimum absolute atomic E-state index is 0.0618. The van der Waals surface area contributed by atoms with Gasteiger partial charge in [0.25, 0.3) is 5.56 Å². The van der Waals surface area contributed by atoms with Crippen LogP contribution in [0.3, 0.4) is 0 Å². The summed E-state index contributed by atoms with van der Waals surface area (Å²) in [6.45, 7) is 3.85. The van der Waals surface area contributed by atoms with E-state index in [1.165, 1.54) is 0 Å². The molecule has 2 aliphatic rings. The molecule has 7 heteroatoms. The number of likely N-dealkylation sites (tertiary alicyclic amines) is 1. The molecule has 7 nitrogen and oxygen atoms in total. The number of piperidine rings is 1.